The van der Waals surface area contributed by atoms with Gasteiger partial charge in [-0.1, -0.05) is 13.0 Å². The van der Waals surface area contributed by atoms with Gasteiger partial charge >= 0.3 is 0 Å². The summed E-state index contributed by atoms with van der Waals surface area (Å²) in [4.78, 5) is 21.0. The van der Waals surface area contributed by atoms with Gasteiger partial charge in [0.2, 0.25) is 0 Å². The number of imidazole rings is 1. The fourth-order valence-corrected chi connectivity index (χ4v) is 2.27. The number of nitrogens with one attached hydrogen (secondary N) is 1. The predicted octanol–water partition coefficient (Wildman–Crippen LogP) is 2.99. The van der Waals surface area contributed by atoms with Gasteiger partial charge in [-0.25, -0.2) is 14.4 Å². The maximum absolute atomic E-state index is 13.5. The average molecular weight is 298 g/mol. The lowest BCUT2D eigenvalue weighted by Crippen LogP contribution is -2.17. The molecule has 112 valence electrons. The van der Waals surface area contributed by atoms with Crippen LogP contribution in [0, 0.1) is 12.7 Å². The van der Waals surface area contributed by atoms with Crippen LogP contribution in [0.4, 0.5) is 10.2 Å². The highest BCUT2D eigenvalue weighted by Crippen LogP contribution is 2.16. The maximum Gasteiger partial charge on any atom is 0.275 e. The number of pyridine rings is 2. The molecule has 0 atom stereocenters. The number of halogens is 1. The van der Waals surface area contributed by atoms with E-state index in [0.717, 1.165) is 5.56 Å². The van der Waals surface area contributed by atoms with Gasteiger partial charge in [-0.15, -0.1) is 0 Å². The van der Waals surface area contributed by atoms with Gasteiger partial charge in [0.05, 0.1) is 5.69 Å². The van der Waals surface area contributed by atoms with E-state index in [-0.39, 0.29) is 5.91 Å². The van der Waals surface area contributed by atoms with Crippen LogP contribution in [-0.2, 0) is 6.42 Å². The monoisotopic (exact) mass is 298 g/mol. The number of anilines is 1. The van der Waals surface area contributed by atoms with E-state index in [1.165, 1.54) is 16.7 Å². The number of aryl methyl sites for hydroxylation is 2. The van der Waals surface area contributed by atoms with Crippen molar-refractivity contribution in [3.8, 4) is 0 Å². The Hall–Kier alpha value is -2.76. The Bertz CT molecular complexity index is 839. The Balaban J connectivity index is 2.02. The van der Waals surface area contributed by atoms with Gasteiger partial charge in [0.15, 0.2) is 0 Å². The zero-order chi connectivity index (χ0) is 15.7. The summed E-state index contributed by atoms with van der Waals surface area (Å²) in [5.74, 6) is -0.328. The summed E-state index contributed by atoms with van der Waals surface area (Å²) in [7, 11) is 0. The third-order valence-corrected chi connectivity index (χ3v) is 3.36. The van der Waals surface area contributed by atoms with Crippen molar-refractivity contribution in [2.24, 2.45) is 0 Å². The van der Waals surface area contributed by atoms with Gasteiger partial charge in [-0.05, 0) is 37.1 Å². The molecular formula is C16H15FN4O. The van der Waals surface area contributed by atoms with Crippen LogP contribution in [0.2, 0.25) is 0 Å². The van der Waals surface area contributed by atoms with Crippen molar-refractivity contribution in [2.75, 3.05) is 5.32 Å². The fraction of sp³-hybridized carbons (Fsp3) is 0.188. The third-order valence-electron chi connectivity index (χ3n) is 3.36. The van der Waals surface area contributed by atoms with E-state index in [1.54, 1.807) is 18.3 Å². The number of nitrogens with zero attached hydrogens (tertiary/aromatic N) is 3. The molecule has 0 fully saturated rings. The first-order valence-electron chi connectivity index (χ1n) is 6.99. The first kappa shape index (κ1) is 14.2. The minimum Gasteiger partial charge on any atom is -0.305 e. The van der Waals surface area contributed by atoms with Crippen molar-refractivity contribution in [3.63, 3.8) is 0 Å². The van der Waals surface area contributed by atoms with Crippen molar-refractivity contribution >= 4 is 17.4 Å². The lowest BCUT2D eigenvalue weighted by molar-refractivity contribution is 0.102. The van der Waals surface area contributed by atoms with Crippen LogP contribution in [0.15, 0.2) is 36.7 Å². The summed E-state index contributed by atoms with van der Waals surface area (Å²) in [6, 6.07) is 6.46. The number of fused-ring (bicyclic) bond motifs is 1. The predicted molar refractivity (Wildman–Crippen MR) is 81.5 cm³/mol. The van der Waals surface area contributed by atoms with E-state index in [1.807, 2.05) is 19.9 Å². The van der Waals surface area contributed by atoms with E-state index < -0.39 is 5.82 Å². The van der Waals surface area contributed by atoms with E-state index >= 15 is 0 Å². The second-order valence-electron chi connectivity index (χ2n) is 5.01. The molecule has 0 saturated carbocycles. The van der Waals surface area contributed by atoms with Crippen LogP contribution in [-0.4, -0.2) is 20.3 Å². The summed E-state index contributed by atoms with van der Waals surface area (Å²) < 4.78 is 14.9. The molecule has 0 bridgehead atoms. The number of hydrogen-bond donors (Lipinski definition) is 1. The second-order valence-corrected chi connectivity index (χ2v) is 5.01. The minimum atomic E-state index is -0.421. The zero-order valence-corrected chi connectivity index (χ0v) is 12.3. The summed E-state index contributed by atoms with van der Waals surface area (Å²) in [6.45, 7) is 3.82. The molecule has 3 rings (SSSR count). The molecule has 3 heterocycles. The molecule has 5 nitrogen and oxygen atoms in total. The molecule has 1 amide bonds. The Morgan fingerprint density at radius 1 is 1.32 bits per heavy atom. The van der Waals surface area contributed by atoms with Crippen LogP contribution >= 0.6 is 0 Å². The Labute approximate surface area is 126 Å². The van der Waals surface area contributed by atoms with Crippen LogP contribution in [0.5, 0.6) is 0 Å². The van der Waals surface area contributed by atoms with Gasteiger partial charge in [0.1, 0.15) is 23.0 Å². The van der Waals surface area contributed by atoms with Crippen LogP contribution in [0.25, 0.3) is 5.65 Å². The van der Waals surface area contributed by atoms with Gasteiger partial charge < -0.3 is 5.32 Å². The van der Waals surface area contributed by atoms with Crippen LogP contribution in [0.3, 0.4) is 0 Å². The number of aromatic nitrogens is 3. The molecule has 0 saturated heterocycles. The molecule has 3 aromatic rings. The minimum absolute atomic E-state index is 0.333. The summed E-state index contributed by atoms with van der Waals surface area (Å²) in [6.07, 6.45) is 3.51. The molecule has 0 aliphatic rings. The van der Waals surface area contributed by atoms with Crippen molar-refractivity contribution in [1.29, 1.82) is 0 Å². The first-order valence-corrected chi connectivity index (χ1v) is 6.99. The van der Waals surface area contributed by atoms with Gasteiger partial charge in [-0.2, -0.15) is 0 Å². The fourth-order valence-electron chi connectivity index (χ4n) is 2.27. The molecule has 0 radical (unpaired) electrons. The Morgan fingerprint density at radius 3 is 2.82 bits per heavy atom. The zero-order valence-electron chi connectivity index (χ0n) is 12.3. The first-order chi connectivity index (χ1) is 10.6. The highest BCUT2D eigenvalue weighted by atomic mass is 19.1. The summed E-state index contributed by atoms with van der Waals surface area (Å²) >= 11 is 0. The molecule has 0 unspecified atom stereocenters. The van der Waals surface area contributed by atoms with Crippen molar-refractivity contribution in [2.45, 2.75) is 20.3 Å². The Morgan fingerprint density at radius 2 is 2.14 bits per heavy atom. The number of carbonyl (C=O) groups excluding carboxylic acids is 1. The topological polar surface area (TPSA) is 59.3 Å². The molecule has 0 aromatic carbocycles. The van der Waals surface area contributed by atoms with Crippen molar-refractivity contribution in [3.05, 3.63) is 59.4 Å². The van der Waals surface area contributed by atoms with E-state index in [9.17, 15) is 9.18 Å². The largest absolute Gasteiger partial charge is 0.305 e. The van der Waals surface area contributed by atoms with E-state index in [4.69, 9.17) is 0 Å². The van der Waals surface area contributed by atoms with E-state index in [0.29, 0.717) is 29.3 Å². The number of hydrogen-bond acceptors (Lipinski definition) is 3. The second kappa shape index (κ2) is 5.55. The summed E-state index contributed by atoms with van der Waals surface area (Å²) in [5.41, 5.74) is 2.50. The molecule has 3 aromatic heterocycles. The normalized spacial score (nSPS) is 10.9. The standard InChI is InChI=1S/C16H15FN4O/c1-3-12-15(21-9-11(17)5-7-14(21)19-12)16(22)20-13-6-4-10(2)8-18-13/h4-9H,3H2,1-2H3,(H,18,20,22). The highest BCUT2D eigenvalue weighted by Gasteiger charge is 2.19. The third kappa shape index (κ3) is 2.55. The summed E-state index contributed by atoms with van der Waals surface area (Å²) in [5, 5.41) is 2.72. The molecule has 22 heavy (non-hydrogen) atoms. The number of carbonyl (C=O) groups is 1. The van der Waals surface area contributed by atoms with Gasteiger partial charge in [-0.3, -0.25) is 9.20 Å². The van der Waals surface area contributed by atoms with Crippen molar-refractivity contribution in [1.82, 2.24) is 14.4 Å². The molecule has 1 N–H and O–H groups in total. The molecule has 0 aliphatic heterocycles. The van der Waals surface area contributed by atoms with Crippen LogP contribution in [0.1, 0.15) is 28.7 Å². The maximum atomic E-state index is 13.5. The smallest absolute Gasteiger partial charge is 0.275 e. The van der Waals surface area contributed by atoms with Gasteiger partial charge in [0.25, 0.3) is 5.91 Å². The van der Waals surface area contributed by atoms with Crippen molar-refractivity contribution < 1.29 is 9.18 Å². The number of amides is 1. The van der Waals surface area contributed by atoms with Gasteiger partial charge in [0, 0.05) is 12.4 Å². The molecule has 0 spiro atoms. The lowest BCUT2D eigenvalue weighted by Gasteiger charge is -2.06. The highest BCUT2D eigenvalue weighted by molar-refractivity contribution is 6.04. The average Bonchev–Trinajstić information content (AvgIpc) is 2.87. The molecule has 6 heteroatoms. The van der Waals surface area contributed by atoms with E-state index in [2.05, 4.69) is 15.3 Å². The lowest BCUT2D eigenvalue weighted by atomic mass is 10.2. The molecular weight excluding hydrogens is 283 g/mol. The number of rotatable bonds is 3. The SMILES string of the molecule is CCc1nc2ccc(F)cn2c1C(=O)Nc1ccc(C)cn1. The van der Waals surface area contributed by atoms with Crippen LogP contribution < -0.4 is 5.32 Å². The quantitative estimate of drug-likeness (QED) is 0.808. The molecule has 0 aliphatic carbocycles. The Kier molecular flexibility index (Phi) is 3.58.